The standard InChI is InChI=1S/C15H12ClNO5/c1-21-12-8-7-11(13(15(16)18)14(12)17(19)20)22-9-10-5-3-2-4-6-10/h2-8H,9H2,1H3. The molecule has 7 heteroatoms. The van der Waals surface area contributed by atoms with E-state index in [0.717, 1.165) is 5.56 Å². The monoisotopic (exact) mass is 321 g/mol. The molecule has 0 saturated carbocycles. The second-order valence-corrected chi connectivity index (χ2v) is 4.64. The van der Waals surface area contributed by atoms with Gasteiger partial charge in [0.25, 0.3) is 5.24 Å². The number of rotatable bonds is 6. The summed E-state index contributed by atoms with van der Waals surface area (Å²) in [5, 5.41) is 10.2. The smallest absolute Gasteiger partial charge is 0.326 e. The number of nitrogens with zero attached hydrogens (tertiary/aromatic N) is 1. The molecule has 0 aliphatic heterocycles. The number of benzene rings is 2. The van der Waals surface area contributed by atoms with Crippen molar-refractivity contribution in [3.05, 3.63) is 63.7 Å². The summed E-state index contributed by atoms with van der Waals surface area (Å²) >= 11 is 5.49. The van der Waals surface area contributed by atoms with Gasteiger partial charge < -0.3 is 9.47 Å². The van der Waals surface area contributed by atoms with Gasteiger partial charge in [0.05, 0.1) is 12.0 Å². The largest absolute Gasteiger partial charge is 0.490 e. The van der Waals surface area contributed by atoms with Crippen LogP contribution in [0.4, 0.5) is 5.69 Å². The van der Waals surface area contributed by atoms with E-state index in [4.69, 9.17) is 21.1 Å². The van der Waals surface area contributed by atoms with Crippen LogP contribution in [-0.2, 0) is 6.61 Å². The zero-order chi connectivity index (χ0) is 16.1. The lowest BCUT2D eigenvalue weighted by atomic mass is 10.1. The van der Waals surface area contributed by atoms with E-state index >= 15 is 0 Å². The summed E-state index contributed by atoms with van der Waals surface area (Å²) in [5.41, 5.74) is 0.0314. The number of nitro benzene ring substituents is 1. The molecule has 0 atom stereocenters. The van der Waals surface area contributed by atoms with Gasteiger partial charge in [-0.1, -0.05) is 30.3 Å². The Morgan fingerprint density at radius 2 is 1.82 bits per heavy atom. The van der Waals surface area contributed by atoms with Gasteiger partial charge >= 0.3 is 5.69 Å². The van der Waals surface area contributed by atoms with Gasteiger partial charge in [0.15, 0.2) is 11.3 Å². The summed E-state index contributed by atoms with van der Waals surface area (Å²) in [5.74, 6) is -0.0163. The molecule has 0 spiro atoms. The van der Waals surface area contributed by atoms with E-state index in [9.17, 15) is 14.9 Å². The van der Waals surface area contributed by atoms with Crippen LogP contribution in [0.5, 0.6) is 11.5 Å². The summed E-state index contributed by atoms with van der Waals surface area (Å²) in [6.07, 6.45) is 0. The van der Waals surface area contributed by atoms with Gasteiger partial charge in [-0.05, 0) is 29.3 Å². The van der Waals surface area contributed by atoms with Crippen molar-refractivity contribution >= 4 is 22.5 Å². The van der Waals surface area contributed by atoms with E-state index in [0.29, 0.717) is 0 Å². The molecule has 2 aromatic rings. The average Bonchev–Trinajstić information content (AvgIpc) is 2.52. The molecule has 0 radical (unpaired) electrons. The van der Waals surface area contributed by atoms with Gasteiger partial charge in [-0.25, -0.2) is 0 Å². The third-order valence-electron chi connectivity index (χ3n) is 2.94. The molecule has 0 fully saturated rings. The van der Waals surface area contributed by atoms with Gasteiger partial charge in [0.1, 0.15) is 12.4 Å². The Labute approximate surface area is 131 Å². The molecule has 2 aromatic carbocycles. The maximum atomic E-state index is 11.6. The molecular formula is C15H12ClNO5. The summed E-state index contributed by atoms with van der Waals surface area (Å²) in [6.45, 7) is 0.154. The maximum absolute atomic E-state index is 11.6. The zero-order valence-corrected chi connectivity index (χ0v) is 12.4. The normalized spacial score (nSPS) is 10.1. The Hall–Kier alpha value is -2.60. The lowest BCUT2D eigenvalue weighted by Gasteiger charge is -2.11. The molecule has 0 unspecified atom stereocenters. The summed E-state index contributed by atoms with van der Waals surface area (Å²) < 4.78 is 10.4. The molecule has 2 rings (SSSR count). The number of hydrogen-bond acceptors (Lipinski definition) is 5. The molecule has 22 heavy (non-hydrogen) atoms. The summed E-state index contributed by atoms with van der Waals surface area (Å²) in [7, 11) is 1.27. The molecule has 0 amide bonds. The van der Waals surface area contributed by atoms with Crippen LogP contribution in [0.1, 0.15) is 15.9 Å². The van der Waals surface area contributed by atoms with Crippen LogP contribution in [0.25, 0.3) is 0 Å². The number of carbonyl (C=O) groups is 1. The van der Waals surface area contributed by atoms with Crippen molar-refractivity contribution in [3.63, 3.8) is 0 Å². The predicted molar refractivity (Wildman–Crippen MR) is 80.6 cm³/mol. The molecule has 0 aliphatic rings. The molecular weight excluding hydrogens is 310 g/mol. The number of methoxy groups -OCH3 is 1. The van der Waals surface area contributed by atoms with Crippen LogP contribution in [0, 0.1) is 10.1 Å². The number of hydrogen-bond donors (Lipinski definition) is 0. The van der Waals surface area contributed by atoms with Crippen LogP contribution in [0.2, 0.25) is 0 Å². The van der Waals surface area contributed by atoms with Crippen molar-refractivity contribution in [1.29, 1.82) is 0 Å². The fourth-order valence-corrected chi connectivity index (χ4v) is 2.13. The SMILES string of the molecule is COc1ccc(OCc2ccccc2)c(C(=O)Cl)c1[N+](=O)[O-]. The van der Waals surface area contributed by atoms with E-state index in [1.807, 2.05) is 30.3 Å². The fourth-order valence-electron chi connectivity index (χ4n) is 1.95. The Bertz CT molecular complexity index is 703. The molecule has 6 nitrogen and oxygen atoms in total. The van der Waals surface area contributed by atoms with Crippen LogP contribution in [0.3, 0.4) is 0 Å². The minimum atomic E-state index is -0.978. The van der Waals surface area contributed by atoms with E-state index in [1.165, 1.54) is 19.2 Å². The summed E-state index contributed by atoms with van der Waals surface area (Å²) in [6, 6.07) is 12.0. The minimum Gasteiger partial charge on any atom is -0.490 e. The van der Waals surface area contributed by atoms with Gasteiger partial charge in [-0.3, -0.25) is 14.9 Å². The van der Waals surface area contributed by atoms with Gasteiger partial charge in [-0.2, -0.15) is 0 Å². The molecule has 0 aliphatic carbocycles. The Balaban J connectivity index is 2.41. The molecule has 0 saturated heterocycles. The highest BCUT2D eigenvalue weighted by Gasteiger charge is 2.29. The van der Waals surface area contributed by atoms with Gasteiger partial charge in [0.2, 0.25) is 0 Å². The van der Waals surface area contributed by atoms with Crippen molar-refractivity contribution in [3.8, 4) is 11.5 Å². The van der Waals surface area contributed by atoms with E-state index in [2.05, 4.69) is 0 Å². The molecule has 114 valence electrons. The quantitative estimate of drug-likeness (QED) is 0.462. The number of ether oxygens (including phenoxy) is 2. The van der Waals surface area contributed by atoms with Crippen molar-refractivity contribution in [1.82, 2.24) is 0 Å². The molecule has 0 heterocycles. The van der Waals surface area contributed by atoms with Crippen LogP contribution < -0.4 is 9.47 Å². The van der Waals surface area contributed by atoms with Crippen molar-refractivity contribution < 1.29 is 19.2 Å². The second kappa shape index (κ2) is 6.91. The lowest BCUT2D eigenvalue weighted by Crippen LogP contribution is -2.06. The average molecular weight is 322 g/mol. The van der Waals surface area contributed by atoms with Crippen molar-refractivity contribution in [2.24, 2.45) is 0 Å². The Morgan fingerprint density at radius 3 is 2.36 bits per heavy atom. The molecule has 0 bridgehead atoms. The van der Waals surface area contributed by atoms with Crippen molar-refractivity contribution in [2.45, 2.75) is 6.61 Å². The summed E-state index contributed by atoms with van der Waals surface area (Å²) in [4.78, 5) is 22.1. The van der Waals surface area contributed by atoms with Crippen LogP contribution >= 0.6 is 11.6 Å². The number of carbonyl (C=O) groups excluding carboxylic acids is 1. The highest BCUT2D eigenvalue weighted by molar-refractivity contribution is 6.68. The topological polar surface area (TPSA) is 78.7 Å². The molecule has 0 N–H and O–H groups in total. The van der Waals surface area contributed by atoms with Gasteiger partial charge in [-0.15, -0.1) is 0 Å². The maximum Gasteiger partial charge on any atom is 0.326 e. The van der Waals surface area contributed by atoms with Gasteiger partial charge in [0, 0.05) is 0 Å². The lowest BCUT2D eigenvalue weighted by molar-refractivity contribution is -0.386. The first-order valence-electron chi connectivity index (χ1n) is 6.26. The van der Waals surface area contributed by atoms with Crippen LogP contribution in [-0.4, -0.2) is 17.3 Å². The van der Waals surface area contributed by atoms with Crippen molar-refractivity contribution in [2.75, 3.05) is 7.11 Å². The minimum absolute atomic E-state index is 0.0383. The van der Waals surface area contributed by atoms with E-state index < -0.39 is 15.9 Å². The zero-order valence-electron chi connectivity index (χ0n) is 11.6. The predicted octanol–water partition coefficient (Wildman–Crippen LogP) is 3.56. The van der Waals surface area contributed by atoms with E-state index in [-0.39, 0.29) is 23.7 Å². The first-order valence-corrected chi connectivity index (χ1v) is 6.64. The van der Waals surface area contributed by atoms with E-state index in [1.54, 1.807) is 0 Å². The number of nitro groups is 1. The highest BCUT2D eigenvalue weighted by Crippen LogP contribution is 2.38. The third kappa shape index (κ3) is 3.35. The first kappa shape index (κ1) is 15.8. The Kier molecular flexibility index (Phi) is 4.95. The number of halogens is 1. The first-order chi connectivity index (χ1) is 10.5. The second-order valence-electron chi connectivity index (χ2n) is 4.29. The third-order valence-corrected chi connectivity index (χ3v) is 3.13. The fraction of sp³-hybridized carbons (Fsp3) is 0.133. The highest BCUT2D eigenvalue weighted by atomic mass is 35.5. The van der Waals surface area contributed by atoms with Crippen LogP contribution in [0.15, 0.2) is 42.5 Å². The molecule has 0 aromatic heterocycles. The Morgan fingerprint density at radius 1 is 1.18 bits per heavy atom.